The van der Waals surface area contributed by atoms with E-state index in [1.165, 1.54) is 28.8 Å². The molecule has 4 aromatic rings. The number of piperazine rings is 1. The maximum atomic E-state index is 12.9. The molecular formula is C32H34N6O2. The third-order valence-corrected chi connectivity index (χ3v) is 7.52. The van der Waals surface area contributed by atoms with Crippen molar-refractivity contribution < 1.29 is 0 Å². The molecule has 0 spiro atoms. The molecule has 40 heavy (non-hydrogen) atoms. The van der Waals surface area contributed by atoms with E-state index in [0.29, 0.717) is 23.6 Å². The second kappa shape index (κ2) is 12.6. The van der Waals surface area contributed by atoms with Crippen LogP contribution >= 0.6 is 0 Å². The molecular weight excluding hydrogens is 500 g/mol. The summed E-state index contributed by atoms with van der Waals surface area (Å²) in [5, 5.41) is 12.4. The average Bonchev–Trinajstić information content (AvgIpc) is 3.00. The summed E-state index contributed by atoms with van der Waals surface area (Å²) in [6.07, 6.45) is 0.873. The van der Waals surface area contributed by atoms with Crippen molar-refractivity contribution in [2.45, 2.75) is 12.5 Å². The van der Waals surface area contributed by atoms with Crippen LogP contribution in [0.25, 0.3) is 5.69 Å². The average molecular weight is 535 g/mol. The number of benzene rings is 3. The summed E-state index contributed by atoms with van der Waals surface area (Å²) < 4.78 is 2.57. The molecule has 1 fully saturated rings. The third kappa shape index (κ3) is 6.07. The second-order valence-corrected chi connectivity index (χ2v) is 10.1. The molecule has 8 heteroatoms. The van der Waals surface area contributed by atoms with Crippen LogP contribution < -0.4 is 16.6 Å². The Morgan fingerprint density at radius 3 is 2.02 bits per heavy atom. The first-order chi connectivity index (χ1) is 19.5. The molecule has 5 rings (SSSR count). The van der Waals surface area contributed by atoms with Crippen LogP contribution in [0.3, 0.4) is 0 Å². The van der Waals surface area contributed by atoms with E-state index >= 15 is 0 Å². The molecule has 0 aliphatic carbocycles. The van der Waals surface area contributed by atoms with E-state index in [2.05, 4.69) is 81.8 Å². The Labute approximate surface area is 234 Å². The zero-order chi connectivity index (χ0) is 27.9. The van der Waals surface area contributed by atoms with Gasteiger partial charge in [0.2, 0.25) is 0 Å². The van der Waals surface area contributed by atoms with E-state index in [-0.39, 0.29) is 11.6 Å². The quantitative estimate of drug-likeness (QED) is 0.330. The standard InChI is InChI=1S/C32H34N6O2/c1-35-30(39)23-29(38(32(35)40)28-15-13-25(24-33)14-16-28)34-17-8-18-36-19-21-37(22-20-36)31(26-9-4-2-5-10-26)27-11-6-3-7-12-27/h2-7,9-16,23,31,34H,8,17-22H2,1H3. The number of anilines is 1. The lowest BCUT2D eigenvalue weighted by molar-refractivity contribution is 0.109. The van der Waals surface area contributed by atoms with Crippen LogP contribution in [0.2, 0.25) is 0 Å². The zero-order valence-corrected chi connectivity index (χ0v) is 22.7. The summed E-state index contributed by atoms with van der Waals surface area (Å²) in [6, 6.07) is 32.0. The summed E-state index contributed by atoms with van der Waals surface area (Å²) >= 11 is 0. The Morgan fingerprint density at radius 1 is 0.850 bits per heavy atom. The van der Waals surface area contributed by atoms with Crippen LogP contribution in [0.4, 0.5) is 5.82 Å². The van der Waals surface area contributed by atoms with E-state index < -0.39 is 5.69 Å². The number of rotatable bonds is 9. The van der Waals surface area contributed by atoms with Gasteiger partial charge in [-0.05, 0) is 48.4 Å². The Kier molecular flexibility index (Phi) is 8.55. The lowest BCUT2D eigenvalue weighted by Gasteiger charge is -2.40. The zero-order valence-electron chi connectivity index (χ0n) is 22.7. The SMILES string of the molecule is Cn1c(=O)cc(NCCCN2CCN(C(c3ccccc3)c3ccccc3)CC2)n(-c2ccc(C#N)cc2)c1=O. The van der Waals surface area contributed by atoms with Gasteiger partial charge in [0.25, 0.3) is 5.56 Å². The maximum absolute atomic E-state index is 12.9. The van der Waals surface area contributed by atoms with E-state index in [1.807, 2.05) is 0 Å². The van der Waals surface area contributed by atoms with Gasteiger partial charge < -0.3 is 10.2 Å². The monoisotopic (exact) mass is 534 g/mol. The van der Waals surface area contributed by atoms with Crippen LogP contribution in [0.15, 0.2) is 101 Å². The van der Waals surface area contributed by atoms with Crippen LogP contribution in [-0.2, 0) is 7.05 Å². The van der Waals surface area contributed by atoms with Crippen molar-refractivity contribution in [1.82, 2.24) is 18.9 Å². The minimum Gasteiger partial charge on any atom is -0.371 e. The van der Waals surface area contributed by atoms with Crippen molar-refractivity contribution >= 4 is 5.82 Å². The molecule has 1 aromatic heterocycles. The van der Waals surface area contributed by atoms with Gasteiger partial charge in [-0.2, -0.15) is 5.26 Å². The van der Waals surface area contributed by atoms with Crippen LogP contribution in [-0.4, -0.2) is 58.2 Å². The van der Waals surface area contributed by atoms with Crippen LogP contribution in [0, 0.1) is 11.3 Å². The predicted molar refractivity (Wildman–Crippen MR) is 158 cm³/mol. The van der Waals surface area contributed by atoms with Crippen molar-refractivity contribution in [2.75, 3.05) is 44.6 Å². The van der Waals surface area contributed by atoms with E-state index in [0.717, 1.165) is 43.7 Å². The molecule has 0 bridgehead atoms. The number of aromatic nitrogens is 2. The maximum Gasteiger partial charge on any atom is 0.336 e. The fourth-order valence-corrected chi connectivity index (χ4v) is 5.34. The number of nitriles is 1. The minimum absolute atomic E-state index is 0.242. The van der Waals surface area contributed by atoms with E-state index in [1.54, 1.807) is 24.3 Å². The largest absolute Gasteiger partial charge is 0.371 e. The van der Waals surface area contributed by atoms with Crippen molar-refractivity contribution in [3.8, 4) is 11.8 Å². The van der Waals surface area contributed by atoms with Gasteiger partial charge in [0.05, 0.1) is 23.4 Å². The smallest absolute Gasteiger partial charge is 0.336 e. The summed E-state index contributed by atoms with van der Waals surface area (Å²) in [5.74, 6) is 0.455. The Balaban J connectivity index is 1.20. The topological polar surface area (TPSA) is 86.3 Å². The molecule has 1 N–H and O–H groups in total. The molecule has 204 valence electrons. The highest BCUT2D eigenvalue weighted by Gasteiger charge is 2.26. The first kappa shape index (κ1) is 27.1. The first-order valence-corrected chi connectivity index (χ1v) is 13.7. The Hall–Kier alpha value is -4.45. The van der Waals surface area contributed by atoms with Gasteiger partial charge in [-0.25, -0.2) is 9.36 Å². The van der Waals surface area contributed by atoms with Gasteiger partial charge >= 0.3 is 5.69 Å². The summed E-state index contributed by atoms with van der Waals surface area (Å²) in [6.45, 7) is 5.48. The van der Waals surface area contributed by atoms with Gasteiger partial charge in [0, 0.05) is 45.8 Å². The normalized spacial score (nSPS) is 14.2. The molecule has 8 nitrogen and oxygen atoms in total. The van der Waals surface area contributed by atoms with E-state index in [4.69, 9.17) is 5.26 Å². The van der Waals surface area contributed by atoms with Crippen molar-refractivity contribution in [3.63, 3.8) is 0 Å². The third-order valence-electron chi connectivity index (χ3n) is 7.52. The second-order valence-electron chi connectivity index (χ2n) is 10.1. The van der Waals surface area contributed by atoms with Crippen molar-refractivity contribution in [1.29, 1.82) is 5.26 Å². The number of hydrogen-bond donors (Lipinski definition) is 1. The van der Waals surface area contributed by atoms with Crippen molar-refractivity contribution in [2.24, 2.45) is 7.05 Å². The lowest BCUT2D eigenvalue weighted by Crippen LogP contribution is -2.48. The Morgan fingerprint density at radius 2 is 1.45 bits per heavy atom. The molecule has 3 aromatic carbocycles. The molecule has 0 amide bonds. The molecule has 0 radical (unpaired) electrons. The molecule has 0 atom stereocenters. The summed E-state index contributed by atoms with van der Waals surface area (Å²) in [4.78, 5) is 30.4. The van der Waals surface area contributed by atoms with Crippen molar-refractivity contribution in [3.05, 3.63) is 129 Å². The van der Waals surface area contributed by atoms with Gasteiger partial charge in [-0.3, -0.25) is 14.3 Å². The highest BCUT2D eigenvalue weighted by molar-refractivity contribution is 5.47. The first-order valence-electron chi connectivity index (χ1n) is 13.7. The van der Waals surface area contributed by atoms with Crippen LogP contribution in [0.5, 0.6) is 0 Å². The molecule has 1 aliphatic rings. The molecule has 1 aliphatic heterocycles. The lowest BCUT2D eigenvalue weighted by atomic mass is 9.96. The number of nitrogens with zero attached hydrogens (tertiary/aromatic N) is 5. The summed E-state index contributed by atoms with van der Waals surface area (Å²) in [5.41, 5.74) is 2.95. The predicted octanol–water partition coefficient (Wildman–Crippen LogP) is 3.62. The molecule has 0 saturated carbocycles. The highest BCUT2D eigenvalue weighted by atomic mass is 16.2. The number of nitrogens with one attached hydrogen (secondary N) is 1. The number of hydrogen-bond acceptors (Lipinski definition) is 6. The van der Waals surface area contributed by atoms with Crippen LogP contribution in [0.1, 0.15) is 29.2 Å². The minimum atomic E-state index is -0.429. The Bertz CT molecular complexity index is 1530. The van der Waals surface area contributed by atoms with E-state index in [9.17, 15) is 9.59 Å². The van der Waals surface area contributed by atoms with Gasteiger partial charge in [0.15, 0.2) is 0 Å². The van der Waals surface area contributed by atoms with Gasteiger partial charge in [-0.1, -0.05) is 60.7 Å². The fourth-order valence-electron chi connectivity index (χ4n) is 5.34. The fraction of sp³-hybridized carbons (Fsp3) is 0.281. The highest BCUT2D eigenvalue weighted by Crippen LogP contribution is 2.29. The van der Waals surface area contributed by atoms with Gasteiger partial charge in [-0.15, -0.1) is 0 Å². The molecule has 2 heterocycles. The van der Waals surface area contributed by atoms with Gasteiger partial charge in [0.1, 0.15) is 5.82 Å². The molecule has 0 unspecified atom stereocenters. The molecule has 1 saturated heterocycles. The summed E-state index contributed by atoms with van der Waals surface area (Å²) in [7, 11) is 1.47.